The van der Waals surface area contributed by atoms with Gasteiger partial charge in [0.25, 0.3) is 0 Å². The van der Waals surface area contributed by atoms with Crippen molar-refractivity contribution in [3.8, 4) is 0 Å². The lowest BCUT2D eigenvalue weighted by atomic mass is 9.89. The van der Waals surface area contributed by atoms with Crippen molar-refractivity contribution in [2.24, 2.45) is 23.3 Å². The summed E-state index contributed by atoms with van der Waals surface area (Å²) in [7, 11) is 0. The average Bonchev–Trinajstić information content (AvgIpc) is 2.47. The Balaban J connectivity index is 2.58. The van der Waals surface area contributed by atoms with E-state index in [1.54, 1.807) is 0 Å². The fraction of sp³-hybridized carbons (Fsp3) is 0.889. The van der Waals surface area contributed by atoms with Gasteiger partial charge in [0, 0.05) is 12.1 Å². The normalized spacial score (nSPS) is 23.8. The van der Waals surface area contributed by atoms with Crippen molar-refractivity contribution in [2.75, 3.05) is 0 Å². The minimum absolute atomic E-state index is 0.0559. The van der Waals surface area contributed by atoms with Crippen LogP contribution in [0.2, 0.25) is 0 Å². The molecule has 0 bridgehead atoms. The minimum Gasteiger partial charge on any atom is -0.350 e. The zero-order valence-electron chi connectivity index (χ0n) is 15.7. The van der Waals surface area contributed by atoms with Crippen LogP contribution in [0.4, 0.5) is 0 Å². The molecule has 0 saturated heterocycles. The first kappa shape index (κ1) is 20.9. The Kier molecular flexibility index (Phi) is 8.70. The Bertz CT molecular complexity index is 374. The molecule has 2 amide bonds. The van der Waals surface area contributed by atoms with Crippen molar-refractivity contribution >= 4 is 11.8 Å². The number of carbonyl (C=O) groups is 2. The molecule has 0 radical (unpaired) electrons. The summed E-state index contributed by atoms with van der Waals surface area (Å²) in [5.41, 5.74) is 11.9. The molecule has 0 spiro atoms. The minimum atomic E-state index is -0.494. The van der Waals surface area contributed by atoms with E-state index in [0.717, 1.165) is 25.7 Å². The highest BCUT2D eigenvalue weighted by Gasteiger charge is 2.30. The molecule has 6 nitrogen and oxygen atoms in total. The van der Waals surface area contributed by atoms with Crippen LogP contribution in [-0.4, -0.2) is 36.0 Å². The van der Waals surface area contributed by atoms with Crippen LogP contribution >= 0.6 is 0 Å². The van der Waals surface area contributed by atoms with Crippen molar-refractivity contribution in [1.29, 1.82) is 0 Å². The van der Waals surface area contributed by atoms with Gasteiger partial charge in [-0.2, -0.15) is 0 Å². The van der Waals surface area contributed by atoms with E-state index in [0.29, 0.717) is 24.7 Å². The van der Waals surface area contributed by atoms with Gasteiger partial charge in [-0.15, -0.1) is 0 Å². The largest absolute Gasteiger partial charge is 0.350 e. The average molecular weight is 341 g/mol. The van der Waals surface area contributed by atoms with Crippen molar-refractivity contribution in [3.63, 3.8) is 0 Å². The van der Waals surface area contributed by atoms with Gasteiger partial charge < -0.3 is 22.1 Å². The number of rotatable bonds is 8. The summed E-state index contributed by atoms with van der Waals surface area (Å²) in [6.45, 7) is 8.19. The molecule has 0 heterocycles. The van der Waals surface area contributed by atoms with Gasteiger partial charge in [0.15, 0.2) is 0 Å². The van der Waals surface area contributed by atoms with Gasteiger partial charge >= 0.3 is 0 Å². The summed E-state index contributed by atoms with van der Waals surface area (Å²) in [5, 5.41) is 6.08. The van der Waals surface area contributed by atoms with E-state index >= 15 is 0 Å². The fourth-order valence-corrected chi connectivity index (χ4v) is 3.29. The summed E-state index contributed by atoms with van der Waals surface area (Å²) in [5.74, 6) is 0.505. The first-order valence-corrected chi connectivity index (χ1v) is 9.32. The molecule has 1 rings (SSSR count). The second kappa shape index (κ2) is 9.99. The number of carbonyl (C=O) groups excluding carboxylic acids is 2. The van der Waals surface area contributed by atoms with Gasteiger partial charge in [0.1, 0.15) is 0 Å². The lowest BCUT2D eigenvalue weighted by Gasteiger charge is -2.34. The van der Waals surface area contributed by atoms with Crippen LogP contribution in [0.3, 0.4) is 0 Å². The molecule has 0 aromatic rings. The molecule has 24 heavy (non-hydrogen) atoms. The first-order valence-electron chi connectivity index (χ1n) is 9.32. The fourth-order valence-electron chi connectivity index (χ4n) is 3.29. The predicted molar refractivity (Wildman–Crippen MR) is 97.2 cm³/mol. The molecule has 6 heteroatoms. The Morgan fingerprint density at radius 2 is 1.17 bits per heavy atom. The molecule has 1 aliphatic carbocycles. The van der Waals surface area contributed by atoms with Crippen molar-refractivity contribution < 1.29 is 9.59 Å². The molecule has 0 aliphatic heterocycles. The Hall–Kier alpha value is -1.14. The van der Waals surface area contributed by atoms with Crippen molar-refractivity contribution in [2.45, 2.75) is 90.4 Å². The lowest BCUT2D eigenvalue weighted by molar-refractivity contribution is -0.126. The quantitative estimate of drug-likeness (QED) is 0.533. The Labute approximate surface area is 146 Å². The molecular weight excluding hydrogens is 304 g/mol. The van der Waals surface area contributed by atoms with Gasteiger partial charge in [0.2, 0.25) is 11.8 Å². The zero-order valence-corrected chi connectivity index (χ0v) is 15.7. The number of hydrogen-bond acceptors (Lipinski definition) is 4. The highest BCUT2D eigenvalue weighted by molar-refractivity contribution is 5.83. The van der Waals surface area contributed by atoms with Crippen LogP contribution in [0.5, 0.6) is 0 Å². The third-order valence-electron chi connectivity index (χ3n) is 4.55. The molecular formula is C18H36N4O2. The van der Waals surface area contributed by atoms with E-state index in [2.05, 4.69) is 10.6 Å². The second-order valence-electron chi connectivity index (χ2n) is 7.99. The SMILES string of the molecule is CC(C)C[C@H](N)C(=O)N[C@@H]1CCCC[C@H]1NC(=O)[C@@H](N)CC(C)C. The molecule has 140 valence electrons. The summed E-state index contributed by atoms with van der Waals surface area (Å²) in [6, 6.07) is -1.10. The summed E-state index contributed by atoms with van der Waals surface area (Å²) in [6.07, 6.45) is 5.16. The Morgan fingerprint density at radius 1 is 0.833 bits per heavy atom. The number of nitrogens with two attached hydrogens (primary N) is 2. The van der Waals surface area contributed by atoms with Gasteiger partial charge in [-0.25, -0.2) is 0 Å². The monoisotopic (exact) mass is 340 g/mol. The molecule has 0 aromatic heterocycles. The summed E-state index contributed by atoms with van der Waals surface area (Å²) < 4.78 is 0. The van der Waals surface area contributed by atoms with Crippen LogP contribution in [-0.2, 0) is 9.59 Å². The third kappa shape index (κ3) is 7.18. The molecule has 0 aromatic carbocycles. The molecule has 1 saturated carbocycles. The maximum Gasteiger partial charge on any atom is 0.237 e. The second-order valence-corrected chi connectivity index (χ2v) is 7.99. The van der Waals surface area contributed by atoms with E-state index in [4.69, 9.17) is 11.5 Å². The molecule has 1 fully saturated rings. The molecule has 0 unspecified atom stereocenters. The number of hydrogen-bond donors (Lipinski definition) is 4. The van der Waals surface area contributed by atoms with Crippen molar-refractivity contribution in [3.05, 3.63) is 0 Å². The predicted octanol–water partition coefficient (Wildman–Crippen LogP) is 1.28. The Morgan fingerprint density at radius 3 is 1.46 bits per heavy atom. The third-order valence-corrected chi connectivity index (χ3v) is 4.55. The van der Waals surface area contributed by atoms with Crippen LogP contribution in [0.25, 0.3) is 0 Å². The van der Waals surface area contributed by atoms with E-state index < -0.39 is 12.1 Å². The van der Waals surface area contributed by atoms with Crippen LogP contribution in [0.1, 0.15) is 66.2 Å². The standard InChI is InChI=1S/C18H36N4O2/c1-11(2)9-13(19)17(23)21-15-7-5-6-8-16(15)22-18(24)14(20)10-12(3)4/h11-16H,5-10,19-20H2,1-4H3,(H,21,23)(H,22,24)/t13-,14-,15+,16+/m0/s1. The van der Waals surface area contributed by atoms with E-state index in [1.807, 2.05) is 27.7 Å². The molecule has 1 aliphatic rings. The topological polar surface area (TPSA) is 110 Å². The highest BCUT2D eigenvalue weighted by Crippen LogP contribution is 2.19. The highest BCUT2D eigenvalue weighted by atomic mass is 16.2. The van der Waals surface area contributed by atoms with Crippen LogP contribution in [0, 0.1) is 11.8 Å². The first-order chi connectivity index (χ1) is 11.2. The summed E-state index contributed by atoms with van der Waals surface area (Å²) >= 11 is 0. The van der Waals surface area contributed by atoms with Gasteiger partial charge in [-0.05, 0) is 37.5 Å². The van der Waals surface area contributed by atoms with E-state index in [9.17, 15) is 9.59 Å². The maximum atomic E-state index is 12.3. The van der Waals surface area contributed by atoms with E-state index in [1.165, 1.54) is 0 Å². The van der Waals surface area contributed by atoms with Gasteiger partial charge in [0.05, 0.1) is 12.1 Å². The number of amides is 2. The van der Waals surface area contributed by atoms with Gasteiger partial charge in [-0.3, -0.25) is 9.59 Å². The van der Waals surface area contributed by atoms with Crippen LogP contribution < -0.4 is 22.1 Å². The number of nitrogens with one attached hydrogen (secondary N) is 2. The lowest BCUT2D eigenvalue weighted by Crippen LogP contribution is -2.58. The summed E-state index contributed by atoms with van der Waals surface area (Å²) in [4.78, 5) is 24.6. The molecule has 6 N–H and O–H groups in total. The smallest absolute Gasteiger partial charge is 0.237 e. The van der Waals surface area contributed by atoms with E-state index in [-0.39, 0.29) is 23.9 Å². The van der Waals surface area contributed by atoms with Crippen molar-refractivity contribution in [1.82, 2.24) is 10.6 Å². The van der Waals surface area contributed by atoms with Gasteiger partial charge in [-0.1, -0.05) is 40.5 Å². The van der Waals surface area contributed by atoms with Crippen LogP contribution in [0.15, 0.2) is 0 Å². The zero-order chi connectivity index (χ0) is 18.3. The molecule has 4 atom stereocenters. The maximum absolute atomic E-state index is 12.3.